The molecular weight excluding hydrogens is 184 g/mol. The molecule has 1 nitrogen and oxygen atoms in total. The average Bonchev–Trinajstić information content (AvgIpc) is 2.30. The van der Waals surface area contributed by atoms with Crippen molar-refractivity contribution >= 4 is 0 Å². The zero-order valence-electron chi connectivity index (χ0n) is 9.45. The van der Waals surface area contributed by atoms with Gasteiger partial charge in [0.05, 0.1) is 6.10 Å². The van der Waals surface area contributed by atoms with Gasteiger partial charge < -0.3 is 5.11 Å². The number of hydrogen-bond donors (Lipinski definition) is 1. The van der Waals surface area contributed by atoms with Gasteiger partial charge in [0.25, 0.3) is 0 Å². The van der Waals surface area contributed by atoms with E-state index in [4.69, 9.17) is 0 Å². The molecule has 0 bridgehead atoms. The maximum absolute atomic E-state index is 9.50. The van der Waals surface area contributed by atoms with Gasteiger partial charge in [-0.05, 0) is 49.1 Å². The van der Waals surface area contributed by atoms with Crippen LogP contribution in [0.25, 0.3) is 0 Å². The molecule has 1 saturated carbocycles. The van der Waals surface area contributed by atoms with Crippen LogP contribution in [0.2, 0.25) is 0 Å². The first kappa shape index (κ1) is 10.7. The lowest BCUT2D eigenvalue weighted by atomic mass is 9.80. The van der Waals surface area contributed by atoms with Crippen LogP contribution in [0.1, 0.15) is 49.7 Å². The van der Waals surface area contributed by atoms with E-state index >= 15 is 0 Å². The number of hydrogen-bond acceptors (Lipinski definition) is 1. The molecule has 0 spiro atoms. The second kappa shape index (κ2) is 4.80. The van der Waals surface area contributed by atoms with Crippen molar-refractivity contribution in [2.24, 2.45) is 0 Å². The molecule has 0 amide bonds. The lowest BCUT2D eigenvalue weighted by Gasteiger charge is -2.27. The zero-order chi connectivity index (χ0) is 10.7. The molecule has 0 saturated heterocycles. The molecular formula is C14H20O. The van der Waals surface area contributed by atoms with Gasteiger partial charge in [-0.15, -0.1) is 0 Å². The number of aryl methyl sites for hydroxylation is 1. The van der Waals surface area contributed by atoms with Crippen LogP contribution >= 0.6 is 0 Å². The maximum Gasteiger partial charge on any atom is 0.0540 e. The summed E-state index contributed by atoms with van der Waals surface area (Å²) in [6.45, 7) is 2.22. The topological polar surface area (TPSA) is 20.2 Å². The minimum absolute atomic E-state index is 0.0463. The Bertz CT molecular complexity index is 311. The van der Waals surface area contributed by atoms with Gasteiger partial charge in [-0.25, -0.2) is 0 Å². The fourth-order valence-corrected chi connectivity index (χ4v) is 2.64. The SMILES string of the molecule is CCc1ccccc1C1CCC(O)CC1. The largest absolute Gasteiger partial charge is 0.393 e. The highest BCUT2D eigenvalue weighted by Crippen LogP contribution is 2.34. The van der Waals surface area contributed by atoms with E-state index in [1.54, 1.807) is 0 Å². The van der Waals surface area contributed by atoms with Gasteiger partial charge >= 0.3 is 0 Å². The summed E-state index contributed by atoms with van der Waals surface area (Å²) in [6.07, 6.45) is 5.33. The Hall–Kier alpha value is -0.820. The monoisotopic (exact) mass is 204 g/mol. The number of benzene rings is 1. The zero-order valence-corrected chi connectivity index (χ0v) is 9.45. The quantitative estimate of drug-likeness (QED) is 0.784. The number of aliphatic hydroxyl groups is 1. The Morgan fingerprint density at radius 2 is 1.80 bits per heavy atom. The first-order chi connectivity index (χ1) is 7.31. The number of rotatable bonds is 2. The highest BCUT2D eigenvalue weighted by molar-refractivity contribution is 5.30. The van der Waals surface area contributed by atoms with Crippen LogP contribution in [0.3, 0.4) is 0 Å². The van der Waals surface area contributed by atoms with Gasteiger partial charge in [0, 0.05) is 0 Å². The molecule has 1 aromatic carbocycles. The first-order valence-electron chi connectivity index (χ1n) is 6.07. The molecule has 1 heteroatoms. The van der Waals surface area contributed by atoms with Crippen molar-refractivity contribution in [3.05, 3.63) is 35.4 Å². The summed E-state index contributed by atoms with van der Waals surface area (Å²) in [7, 11) is 0. The van der Waals surface area contributed by atoms with E-state index in [2.05, 4.69) is 31.2 Å². The first-order valence-corrected chi connectivity index (χ1v) is 6.07. The normalized spacial score (nSPS) is 26.5. The lowest BCUT2D eigenvalue weighted by molar-refractivity contribution is 0.122. The minimum atomic E-state index is -0.0463. The van der Waals surface area contributed by atoms with Gasteiger partial charge in [0.15, 0.2) is 0 Å². The molecule has 82 valence electrons. The van der Waals surface area contributed by atoms with Crippen molar-refractivity contribution in [2.75, 3.05) is 0 Å². The summed E-state index contributed by atoms with van der Waals surface area (Å²) in [6, 6.07) is 8.76. The molecule has 1 aliphatic carbocycles. The van der Waals surface area contributed by atoms with Crippen molar-refractivity contribution in [1.82, 2.24) is 0 Å². The molecule has 1 fully saturated rings. The summed E-state index contributed by atoms with van der Waals surface area (Å²) in [4.78, 5) is 0. The van der Waals surface area contributed by atoms with E-state index in [1.807, 2.05) is 0 Å². The molecule has 15 heavy (non-hydrogen) atoms. The predicted octanol–water partition coefficient (Wildman–Crippen LogP) is 3.27. The van der Waals surface area contributed by atoms with E-state index in [0.717, 1.165) is 32.1 Å². The summed E-state index contributed by atoms with van der Waals surface area (Å²) in [5, 5.41) is 9.50. The van der Waals surface area contributed by atoms with Gasteiger partial charge in [0.2, 0.25) is 0 Å². The fourth-order valence-electron chi connectivity index (χ4n) is 2.64. The van der Waals surface area contributed by atoms with Crippen molar-refractivity contribution in [1.29, 1.82) is 0 Å². The highest BCUT2D eigenvalue weighted by Gasteiger charge is 2.21. The second-order valence-electron chi connectivity index (χ2n) is 4.56. The van der Waals surface area contributed by atoms with Crippen LogP contribution in [0.15, 0.2) is 24.3 Å². The van der Waals surface area contributed by atoms with Crippen molar-refractivity contribution < 1.29 is 5.11 Å². The van der Waals surface area contributed by atoms with Gasteiger partial charge in [-0.1, -0.05) is 31.2 Å². The van der Waals surface area contributed by atoms with Crippen molar-refractivity contribution in [3.63, 3.8) is 0 Å². The summed E-state index contributed by atoms with van der Waals surface area (Å²) in [5.41, 5.74) is 3.01. The van der Waals surface area contributed by atoms with Gasteiger partial charge in [-0.3, -0.25) is 0 Å². The third-order valence-electron chi connectivity index (χ3n) is 3.57. The molecule has 0 aliphatic heterocycles. The van der Waals surface area contributed by atoms with Crippen LogP contribution in [0.5, 0.6) is 0 Å². The molecule has 1 aromatic rings. The smallest absolute Gasteiger partial charge is 0.0540 e. The molecule has 0 radical (unpaired) electrons. The van der Waals surface area contributed by atoms with E-state index < -0.39 is 0 Å². The predicted molar refractivity (Wildman–Crippen MR) is 63.0 cm³/mol. The van der Waals surface area contributed by atoms with Gasteiger partial charge in [-0.2, -0.15) is 0 Å². The molecule has 1 aliphatic rings. The maximum atomic E-state index is 9.50. The molecule has 1 N–H and O–H groups in total. The molecule has 0 atom stereocenters. The standard InChI is InChI=1S/C14H20O/c1-2-11-5-3-4-6-14(11)12-7-9-13(15)10-8-12/h3-6,12-13,15H,2,7-10H2,1H3. The van der Waals surface area contributed by atoms with E-state index in [0.29, 0.717) is 5.92 Å². The minimum Gasteiger partial charge on any atom is -0.393 e. The van der Waals surface area contributed by atoms with Crippen LogP contribution in [-0.4, -0.2) is 11.2 Å². The lowest BCUT2D eigenvalue weighted by Crippen LogP contribution is -2.17. The molecule has 0 unspecified atom stereocenters. The van der Waals surface area contributed by atoms with E-state index in [9.17, 15) is 5.11 Å². The number of aliphatic hydroxyl groups excluding tert-OH is 1. The average molecular weight is 204 g/mol. The fraction of sp³-hybridized carbons (Fsp3) is 0.571. The Kier molecular flexibility index (Phi) is 3.42. The Morgan fingerprint density at radius 3 is 2.47 bits per heavy atom. The van der Waals surface area contributed by atoms with Crippen LogP contribution < -0.4 is 0 Å². The van der Waals surface area contributed by atoms with Crippen LogP contribution in [0.4, 0.5) is 0 Å². The molecule has 0 aromatic heterocycles. The van der Waals surface area contributed by atoms with Crippen molar-refractivity contribution in [2.45, 2.75) is 51.0 Å². The molecule has 0 heterocycles. The second-order valence-corrected chi connectivity index (χ2v) is 4.56. The Labute approximate surface area is 92.1 Å². The van der Waals surface area contributed by atoms with E-state index in [-0.39, 0.29) is 6.10 Å². The third-order valence-corrected chi connectivity index (χ3v) is 3.57. The summed E-state index contributed by atoms with van der Waals surface area (Å²) >= 11 is 0. The van der Waals surface area contributed by atoms with Crippen molar-refractivity contribution in [3.8, 4) is 0 Å². The van der Waals surface area contributed by atoms with Crippen LogP contribution in [-0.2, 0) is 6.42 Å². The van der Waals surface area contributed by atoms with Gasteiger partial charge in [0.1, 0.15) is 0 Å². The summed E-state index contributed by atoms with van der Waals surface area (Å²) < 4.78 is 0. The Morgan fingerprint density at radius 1 is 1.13 bits per heavy atom. The Balaban J connectivity index is 2.15. The third kappa shape index (κ3) is 2.40. The van der Waals surface area contributed by atoms with E-state index in [1.165, 1.54) is 11.1 Å². The highest BCUT2D eigenvalue weighted by atomic mass is 16.3. The molecule has 2 rings (SSSR count). The van der Waals surface area contributed by atoms with Crippen LogP contribution in [0, 0.1) is 0 Å². The summed E-state index contributed by atoms with van der Waals surface area (Å²) in [5.74, 6) is 0.685.